The predicted molar refractivity (Wildman–Crippen MR) is 146 cm³/mol. The van der Waals surface area contributed by atoms with Gasteiger partial charge in [-0.25, -0.2) is 14.4 Å². The van der Waals surface area contributed by atoms with Crippen molar-refractivity contribution >= 4 is 40.4 Å². The minimum absolute atomic E-state index is 0. The van der Waals surface area contributed by atoms with Gasteiger partial charge in [-0.05, 0) is 56.7 Å². The monoisotopic (exact) mass is 527 g/mol. The molecule has 198 valence electrons. The van der Waals surface area contributed by atoms with Gasteiger partial charge in [0, 0.05) is 30.7 Å². The van der Waals surface area contributed by atoms with E-state index in [0.717, 1.165) is 23.6 Å². The predicted octanol–water partition coefficient (Wildman–Crippen LogP) is 5.12. The van der Waals surface area contributed by atoms with Gasteiger partial charge in [-0.3, -0.25) is 9.48 Å². The smallest absolute Gasteiger partial charge is 0.255 e. The summed E-state index contributed by atoms with van der Waals surface area (Å²) < 4.78 is 15.2. The molecule has 0 radical (unpaired) electrons. The second-order valence-corrected chi connectivity index (χ2v) is 10.5. The van der Waals surface area contributed by atoms with E-state index in [-0.39, 0.29) is 30.2 Å². The molecule has 6 rings (SSSR count). The molecule has 2 saturated carbocycles. The third-order valence-corrected chi connectivity index (χ3v) is 6.84. The number of hydrogen-bond acceptors (Lipinski definition) is 5. The van der Waals surface area contributed by atoms with Crippen LogP contribution in [-0.4, -0.2) is 42.7 Å². The van der Waals surface area contributed by atoms with Gasteiger partial charge in [0.25, 0.3) is 5.91 Å². The van der Waals surface area contributed by atoms with Crippen LogP contribution in [0.1, 0.15) is 62.7 Å². The molecule has 2 fully saturated rings. The summed E-state index contributed by atoms with van der Waals surface area (Å²) >= 11 is 0. The first-order valence-electron chi connectivity index (χ1n) is 12.8. The van der Waals surface area contributed by atoms with Gasteiger partial charge >= 0.3 is 0 Å². The van der Waals surface area contributed by atoms with E-state index >= 15 is 0 Å². The zero-order valence-corrected chi connectivity index (χ0v) is 22.3. The van der Waals surface area contributed by atoms with E-state index in [1.807, 2.05) is 6.92 Å². The van der Waals surface area contributed by atoms with Gasteiger partial charge in [0.2, 0.25) is 0 Å². The first-order chi connectivity index (χ1) is 17.3. The van der Waals surface area contributed by atoms with Crippen molar-refractivity contribution in [2.45, 2.75) is 64.5 Å². The average molecular weight is 528 g/mol. The Morgan fingerprint density at radius 2 is 1.92 bits per heavy atom. The molecule has 0 spiro atoms. The summed E-state index contributed by atoms with van der Waals surface area (Å²) in [5.74, 6) is 1.25. The highest BCUT2D eigenvalue weighted by atomic mass is 35.5. The zero-order chi connectivity index (χ0) is 25.4. The molecule has 0 bridgehead atoms. The largest absolute Gasteiger partial charge is 0.349 e. The van der Waals surface area contributed by atoms with Crippen molar-refractivity contribution in [2.24, 2.45) is 24.6 Å². The van der Waals surface area contributed by atoms with Gasteiger partial charge in [-0.2, -0.15) is 5.10 Å². The van der Waals surface area contributed by atoms with Crippen molar-refractivity contribution in [3.8, 4) is 11.4 Å². The molecule has 2 aliphatic carbocycles. The molecule has 1 aromatic carbocycles. The molecule has 37 heavy (non-hydrogen) atoms. The molecule has 0 aliphatic heterocycles. The number of amides is 1. The number of hydrogen-bond donors (Lipinski definition) is 3. The number of nitrogens with zero attached hydrogens (tertiary/aromatic N) is 4. The second kappa shape index (κ2) is 11.1. The molecule has 3 aromatic heterocycles. The molecule has 2 atom stereocenters. The highest BCUT2D eigenvalue weighted by molar-refractivity contribution is 6.05. The Kier molecular flexibility index (Phi) is 8.14. The van der Waals surface area contributed by atoms with Crippen LogP contribution >= 0.6 is 12.4 Å². The van der Waals surface area contributed by atoms with E-state index in [4.69, 9.17) is 5.73 Å². The fourth-order valence-electron chi connectivity index (χ4n) is 4.69. The van der Waals surface area contributed by atoms with Crippen LogP contribution in [0.4, 0.5) is 4.39 Å². The van der Waals surface area contributed by atoms with Crippen LogP contribution < -0.4 is 11.1 Å². The first-order valence-corrected chi connectivity index (χ1v) is 12.8. The Balaban J connectivity index is 0.000000349. The lowest BCUT2D eigenvalue weighted by Crippen LogP contribution is -2.32. The van der Waals surface area contributed by atoms with E-state index in [0.29, 0.717) is 39.7 Å². The zero-order valence-electron chi connectivity index (χ0n) is 21.5. The Morgan fingerprint density at radius 1 is 1.22 bits per heavy atom. The molecular weight excluding hydrogens is 493 g/mol. The van der Waals surface area contributed by atoms with Gasteiger partial charge in [0.1, 0.15) is 22.7 Å². The summed E-state index contributed by atoms with van der Waals surface area (Å²) in [7, 11) is 1.76. The lowest BCUT2D eigenvalue weighted by molar-refractivity contribution is 0.0939. The van der Waals surface area contributed by atoms with Crippen molar-refractivity contribution in [2.75, 3.05) is 0 Å². The quantitative estimate of drug-likeness (QED) is 0.308. The van der Waals surface area contributed by atoms with Crippen LogP contribution in [0.25, 0.3) is 33.5 Å². The van der Waals surface area contributed by atoms with Gasteiger partial charge < -0.3 is 16.0 Å². The van der Waals surface area contributed by atoms with E-state index in [2.05, 4.69) is 32.3 Å². The van der Waals surface area contributed by atoms with Crippen LogP contribution in [0.15, 0.2) is 30.6 Å². The molecule has 8 nitrogen and oxygen atoms in total. The van der Waals surface area contributed by atoms with Crippen LogP contribution in [0.2, 0.25) is 0 Å². The second-order valence-electron chi connectivity index (χ2n) is 10.5. The fourth-order valence-corrected chi connectivity index (χ4v) is 4.69. The van der Waals surface area contributed by atoms with Crippen molar-refractivity contribution < 1.29 is 9.18 Å². The van der Waals surface area contributed by atoms with E-state index in [1.54, 1.807) is 30.2 Å². The number of rotatable bonds is 7. The Labute approximate surface area is 222 Å². The minimum Gasteiger partial charge on any atom is -0.349 e. The van der Waals surface area contributed by atoms with Crippen molar-refractivity contribution in [3.63, 3.8) is 0 Å². The molecule has 3 heterocycles. The summed E-state index contributed by atoms with van der Waals surface area (Å²) in [4.78, 5) is 24.9. The van der Waals surface area contributed by atoms with Gasteiger partial charge in [-0.15, -0.1) is 12.4 Å². The summed E-state index contributed by atoms with van der Waals surface area (Å²) in [5.41, 5.74) is 8.85. The number of carbonyl (C=O) groups excluding carboxylic acids is 1. The van der Waals surface area contributed by atoms with E-state index in [9.17, 15) is 9.18 Å². The number of nitrogens with two attached hydrogens (primary N) is 1. The standard InChI is InChI=1S/C21H21FN6O.C6H13N.ClH/c1-11(7-12-3-4-12)25-21(29)15-9-23-20-19(15)26-16(10-24-20)18-14-6-5-13(22)8-17(14)28(2)27-18;1-5(7)4-6-2-3-6;/h5-6,8-12H,3-4,7H2,1-2H3,(H,23,24)(H,25,29);5-6H,2-4,7H2,1H3;1H. The Bertz CT molecular complexity index is 1390. The fraction of sp³-hybridized carbons (Fsp3) is 0.481. The van der Waals surface area contributed by atoms with Crippen LogP contribution in [0.3, 0.4) is 0 Å². The Hall–Kier alpha value is -3.04. The highest BCUT2D eigenvalue weighted by Gasteiger charge is 2.25. The normalized spacial score (nSPS) is 16.6. The number of halogens is 2. The third kappa shape index (κ3) is 6.45. The number of nitrogens with one attached hydrogen (secondary N) is 2. The average Bonchev–Trinajstić information content (AvgIpc) is 3.75. The maximum absolute atomic E-state index is 13.6. The van der Waals surface area contributed by atoms with Crippen LogP contribution in [-0.2, 0) is 7.05 Å². The SMILES string of the molecule is CC(CC1CC1)NC(=O)c1c[nH]c2ncc(-c3nn(C)c4cc(F)ccc34)nc12.CC(N)CC1CC1.Cl. The third-order valence-electron chi connectivity index (χ3n) is 6.84. The van der Waals surface area contributed by atoms with Crippen molar-refractivity contribution in [3.05, 3.63) is 42.0 Å². The van der Waals surface area contributed by atoms with E-state index in [1.165, 1.54) is 44.2 Å². The minimum atomic E-state index is -0.321. The maximum atomic E-state index is 13.6. The summed E-state index contributed by atoms with van der Waals surface area (Å²) in [5, 5.41) is 8.33. The first kappa shape index (κ1) is 27.0. The number of H-pyrrole nitrogens is 1. The number of fused-ring (bicyclic) bond motifs is 2. The number of aromatic amines is 1. The molecule has 2 unspecified atom stereocenters. The molecule has 0 saturated heterocycles. The Morgan fingerprint density at radius 3 is 2.57 bits per heavy atom. The van der Waals surface area contributed by atoms with E-state index < -0.39 is 0 Å². The van der Waals surface area contributed by atoms with Crippen molar-refractivity contribution in [1.82, 2.24) is 30.0 Å². The molecule has 10 heteroatoms. The summed E-state index contributed by atoms with van der Waals surface area (Å²) in [6, 6.07) is 5.08. The van der Waals surface area contributed by atoms with Crippen LogP contribution in [0, 0.1) is 17.7 Å². The summed E-state index contributed by atoms with van der Waals surface area (Å²) in [6.07, 6.45) is 10.9. The molecule has 4 aromatic rings. The lowest BCUT2D eigenvalue weighted by Gasteiger charge is -2.12. The summed E-state index contributed by atoms with van der Waals surface area (Å²) in [6.45, 7) is 4.11. The highest BCUT2D eigenvalue weighted by Crippen LogP contribution is 2.34. The molecule has 1 amide bonds. The van der Waals surface area contributed by atoms with Gasteiger partial charge in [0.05, 0.1) is 17.3 Å². The number of carbonyl (C=O) groups is 1. The van der Waals surface area contributed by atoms with Gasteiger partial charge in [0.15, 0.2) is 5.65 Å². The van der Waals surface area contributed by atoms with Crippen LogP contribution in [0.5, 0.6) is 0 Å². The molecule has 4 N–H and O–H groups in total. The number of aromatic nitrogens is 5. The topological polar surface area (TPSA) is 115 Å². The lowest BCUT2D eigenvalue weighted by atomic mass is 10.1. The maximum Gasteiger partial charge on any atom is 0.255 e. The van der Waals surface area contributed by atoms with Crippen molar-refractivity contribution in [1.29, 1.82) is 0 Å². The number of aryl methyl sites for hydroxylation is 1. The molecular formula is C27H35ClFN7O. The van der Waals surface area contributed by atoms with Gasteiger partial charge in [-0.1, -0.05) is 25.7 Å². The number of benzene rings is 1. The molecule has 2 aliphatic rings.